The quantitative estimate of drug-likeness (QED) is 0.620. The number of ether oxygens (including phenoxy) is 1. The molecule has 0 amide bonds. The van der Waals surface area contributed by atoms with Crippen molar-refractivity contribution in [2.75, 3.05) is 11.0 Å². The van der Waals surface area contributed by atoms with Gasteiger partial charge in [-0.3, -0.25) is 9.71 Å². The largest absolute Gasteiger partial charge is 0.435 e. The molecule has 1 saturated carbocycles. The van der Waals surface area contributed by atoms with Crippen molar-refractivity contribution >= 4 is 15.7 Å². The van der Waals surface area contributed by atoms with Gasteiger partial charge in [0.2, 0.25) is 15.9 Å². The van der Waals surface area contributed by atoms with Crippen LogP contribution in [0.15, 0.2) is 36.5 Å². The molecule has 158 valence electrons. The van der Waals surface area contributed by atoms with Crippen LogP contribution in [-0.2, 0) is 10.0 Å². The Bertz CT molecular complexity index is 1290. The summed E-state index contributed by atoms with van der Waals surface area (Å²) in [6.45, 7) is 3.80. The number of anilines is 1. The smallest absolute Gasteiger partial charge is 0.244 e. The van der Waals surface area contributed by atoms with Crippen molar-refractivity contribution in [1.29, 1.82) is 5.26 Å². The van der Waals surface area contributed by atoms with Gasteiger partial charge in [-0.2, -0.15) is 5.26 Å². The fourth-order valence-corrected chi connectivity index (χ4v) is 3.85. The molecule has 0 atom stereocenters. The Morgan fingerprint density at radius 1 is 1.16 bits per heavy atom. The predicted molar refractivity (Wildman–Crippen MR) is 116 cm³/mol. The van der Waals surface area contributed by atoms with Gasteiger partial charge >= 0.3 is 0 Å². The molecular weight excluding hydrogens is 414 g/mol. The minimum absolute atomic E-state index is 0.102. The van der Waals surface area contributed by atoms with Gasteiger partial charge in [-0.25, -0.2) is 18.4 Å². The Morgan fingerprint density at radius 2 is 1.94 bits per heavy atom. The maximum atomic E-state index is 11.9. The molecule has 9 heteroatoms. The van der Waals surface area contributed by atoms with Crippen LogP contribution in [0.25, 0.3) is 11.3 Å². The Labute approximate surface area is 181 Å². The monoisotopic (exact) mass is 435 g/mol. The molecule has 1 aliphatic carbocycles. The first kappa shape index (κ1) is 20.8. The van der Waals surface area contributed by atoms with E-state index < -0.39 is 10.0 Å². The lowest BCUT2D eigenvalue weighted by molar-refractivity contribution is 0.455. The zero-order valence-electron chi connectivity index (χ0n) is 17.4. The Hall–Kier alpha value is -3.51. The van der Waals surface area contributed by atoms with Crippen LogP contribution in [0, 0.1) is 25.2 Å². The summed E-state index contributed by atoms with van der Waals surface area (Å²) in [6, 6.07) is 10.6. The van der Waals surface area contributed by atoms with Gasteiger partial charge < -0.3 is 4.74 Å². The number of aromatic nitrogens is 3. The Morgan fingerprint density at radius 3 is 2.58 bits per heavy atom. The van der Waals surface area contributed by atoms with E-state index >= 15 is 0 Å². The number of hydrogen-bond donors (Lipinski definition) is 1. The zero-order chi connectivity index (χ0) is 22.2. The zero-order valence-corrected chi connectivity index (χ0v) is 18.2. The molecule has 0 unspecified atom stereocenters. The van der Waals surface area contributed by atoms with Gasteiger partial charge in [-0.05, 0) is 62.6 Å². The molecular formula is C22H21N5O3S. The average Bonchev–Trinajstić information content (AvgIpc) is 3.56. The van der Waals surface area contributed by atoms with Crippen molar-refractivity contribution in [2.45, 2.75) is 32.6 Å². The van der Waals surface area contributed by atoms with Crippen LogP contribution in [-0.4, -0.2) is 29.6 Å². The van der Waals surface area contributed by atoms with Crippen molar-refractivity contribution in [3.8, 4) is 29.0 Å². The van der Waals surface area contributed by atoms with Gasteiger partial charge in [0.25, 0.3) is 0 Å². The van der Waals surface area contributed by atoms with Crippen LogP contribution in [0.1, 0.15) is 41.4 Å². The Kier molecular flexibility index (Phi) is 5.33. The molecule has 1 N–H and O–H groups in total. The molecule has 1 fully saturated rings. The highest BCUT2D eigenvalue weighted by molar-refractivity contribution is 7.92. The highest BCUT2D eigenvalue weighted by atomic mass is 32.2. The number of sulfonamides is 1. The molecule has 3 aromatic heterocycles. The summed E-state index contributed by atoms with van der Waals surface area (Å²) in [4.78, 5) is 13.2. The summed E-state index contributed by atoms with van der Waals surface area (Å²) in [5.74, 6) is 1.15. The lowest BCUT2D eigenvalue weighted by Crippen LogP contribution is -2.11. The first-order chi connectivity index (χ1) is 14.7. The third-order valence-corrected chi connectivity index (χ3v) is 5.46. The van der Waals surface area contributed by atoms with Crippen molar-refractivity contribution in [2.24, 2.45) is 0 Å². The van der Waals surface area contributed by atoms with E-state index in [2.05, 4.69) is 19.7 Å². The molecule has 0 aliphatic heterocycles. The minimum Gasteiger partial charge on any atom is -0.435 e. The number of pyridine rings is 3. The van der Waals surface area contributed by atoms with Gasteiger partial charge in [-0.15, -0.1) is 0 Å². The average molecular weight is 436 g/mol. The highest BCUT2D eigenvalue weighted by Gasteiger charge is 2.26. The summed E-state index contributed by atoms with van der Waals surface area (Å²) in [5.41, 5.74) is 4.33. The molecule has 0 aromatic carbocycles. The second-order valence-electron chi connectivity index (χ2n) is 7.62. The standard InChI is InChI=1S/C22H21N5O3S/c1-13-10-20(15-4-5-15)25-14(2)21(13)30-22-19(27-31(3,28)29)7-6-18(26-22)16-8-9-24-17(11-16)12-23/h6-11,15,27H,4-5H2,1-3H3. The van der Waals surface area contributed by atoms with E-state index in [1.807, 2.05) is 26.0 Å². The number of nitrogens with one attached hydrogen (secondary N) is 1. The van der Waals surface area contributed by atoms with Crippen LogP contribution in [0.4, 0.5) is 5.69 Å². The van der Waals surface area contributed by atoms with E-state index in [1.165, 1.54) is 6.20 Å². The first-order valence-corrected chi connectivity index (χ1v) is 11.6. The normalized spacial score (nSPS) is 13.5. The molecule has 0 saturated heterocycles. The summed E-state index contributed by atoms with van der Waals surface area (Å²) >= 11 is 0. The number of hydrogen-bond acceptors (Lipinski definition) is 7. The minimum atomic E-state index is -3.55. The summed E-state index contributed by atoms with van der Waals surface area (Å²) in [7, 11) is -3.55. The number of nitriles is 1. The summed E-state index contributed by atoms with van der Waals surface area (Å²) < 4.78 is 32.3. The second-order valence-corrected chi connectivity index (χ2v) is 9.37. The van der Waals surface area contributed by atoms with Crippen molar-refractivity contribution in [3.63, 3.8) is 0 Å². The molecule has 3 aromatic rings. The number of aryl methyl sites for hydroxylation is 2. The van der Waals surface area contributed by atoms with Crippen LogP contribution >= 0.6 is 0 Å². The van der Waals surface area contributed by atoms with Crippen LogP contribution in [0.3, 0.4) is 0 Å². The van der Waals surface area contributed by atoms with Gasteiger partial charge in [0, 0.05) is 23.4 Å². The van der Waals surface area contributed by atoms with Crippen molar-refractivity contribution in [1.82, 2.24) is 15.0 Å². The third kappa shape index (κ3) is 4.81. The van der Waals surface area contributed by atoms with Crippen LogP contribution in [0.2, 0.25) is 0 Å². The fraction of sp³-hybridized carbons (Fsp3) is 0.273. The highest BCUT2D eigenvalue weighted by Crippen LogP contribution is 2.41. The number of nitrogens with zero attached hydrogens (tertiary/aromatic N) is 4. The van der Waals surface area contributed by atoms with Gasteiger partial charge in [0.05, 0.1) is 17.6 Å². The van der Waals surface area contributed by atoms with Gasteiger partial charge in [0.15, 0.2) is 5.75 Å². The van der Waals surface area contributed by atoms with Crippen molar-refractivity contribution in [3.05, 3.63) is 59.2 Å². The Balaban J connectivity index is 1.77. The lowest BCUT2D eigenvalue weighted by Gasteiger charge is -2.16. The van der Waals surface area contributed by atoms with E-state index in [0.29, 0.717) is 22.9 Å². The SMILES string of the molecule is Cc1cc(C2CC2)nc(C)c1Oc1nc(-c2ccnc(C#N)c2)ccc1NS(C)(=O)=O. The van der Waals surface area contributed by atoms with Gasteiger partial charge in [-0.1, -0.05) is 0 Å². The molecule has 0 bridgehead atoms. The molecule has 31 heavy (non-hydrogen) atoms. The molecule has 0 spiro atoms. The first-order valence-electron chi connectivity index (χ1n) is 9.75. The lowest BCUT2D eigenvalue weighted by atomic mass is 10.1. The maximum Gasteiger partial charge on any atom is 0.244 e. The van der Waals surface area contributed by atoms with Crippen LogP contribution < -0.4 is 9.46 Å². The summed E-state index contributed by atoms with van der Waals surface area (Å²) in [5, 5.41) is 9.12. The third-order valence-electron chi connectivity index (χ3n) is 4.87. The second kappa shape index (κ2) is 7.96. The summed E-state index contributed by atoms with van der Waals surface area (Å²) in [6.07, 6.45) is 4.88. The topological polar surface area (TPSA) is 118 Å². The predicted octanol–water partition coefficient (Wildman–Crippen LogP) is 4.07. The van der Waals surface area contributed by atoms with E-state index in [-0.39, 0.29) is 17.3 Å². The van der Waals surface area contributed by atoms with Gasteiger partial charge in [0.1, 0.15) is 17.5 Å². The molecule has 3 heterocycles. The molecule has 8 nitrogen and oxygen atoms in total. The van der Waals surface area contributed by atoms with Crippen molar-refractivity contribution < 1.29 is 13.2 Å². The molecule has 4 rings (SSSR count). The fourth-order valence-electron chi connectivity index (χ4n) is 3.30. The van der Waals surface area contributed by atoms with E-state index in [9.17, 15) is 8.42 Å². The van der Waals surface area contributed by atoms with E-state index in [1.54, 1.807) is 24.3 Å². The maximum absolute atomic E-state index is 11.9. The van der Waals surface area contributed by atoms with E-state index in [0.717, 1.165) is 36.0 Å². The molecule has 0 radical (unpaired) electrons. The van der Waals surface area contributed by atoms with Crippen LogP contribution in [0.5, 0.6) is 11.6 Å². The van der Waals surface area contributed by atoms with E-state index in [4.69, 9.17) is 10.00 Å². The molecule has 1 aliphatic rings. The number of rotatable bonds is 6.